The van der Waals surface area contributed by atoms with E-state index < -0.39 is 5.54 Å². The quantitative estimate of drug-likeness (QED) is 0.253. The number of nitrogens with zero attached hydrogens (tertiary/aromatic N) is 2. The molecule has 5 nitrogen and oxygen atoms in total. The van der Waals surface area contributed by atoms with Crippen LogP contribution < -0.4 is 10.3 Å². The topological polar surface area (TPSA) is 61.2 Å². The maximum atomic E-state index is 12.7. The van der Waals surface area contributed by atoms with Crippen molar-refractivity contribution in [2.24, 2.45) is 0 Å². The van der Waals surface area contributed by atoms with Gasteiger partial charge in [0.2, 0.25) is 0 Å². The fourth-order valence-corrected chi connectivity index (χ4v) is 4.37. The lowest BCUT2D eigenvalue weighted by molar-refractivity contribution is 0.103. The van der Waals surface area contributed by atoms with E-state index in [1.54, 1.807) is 6.20 Å². The van der Waals surface area contributed by atoms with Crippen molar-refractivity contribution in [1.29, 1.82) is 0 Å². The van der Waals surface area contributed by atoms with E-state index >= 15 is 0 Å². The molecule has 0 radical (unpaired) electrons. The van der Waals surface area contributed by atoms with Crippen LogP contribution in [0.1, 0.15) is 47.8 Å². The highest BCUT2D eigenvalue weighted by molar-refractivity contribution is 7.99. The molecule has 168 valence electrons. The Hall–Kier alpha value is -2.57. The summed E-state index contributed by atoms with van der Waals surface area (Å²) < 4.78 is 7.39. The standard InChI is InChI=1S/C25H27ClN2O3S/c1-16-13-19(22(29)18-9-7-6-8-10-18)14-17(2)23(16)31-11-12-32-20-15-27-28(25(3,4)5)24(30)21(20)26/h6-10,13-15H,11-12H2,1-5H3. The predicted molar refractivity (Wildman–Crippen MR) is 131 cm³/mol. The molecule has 0 N–H and O–H groups in total. The molecule has 0 atom stereocenters. The summed E-state index contributed by atoms with van der Waals surface area (Å²) in [5, 5.41) is 4.43. The SMILES string of the molecule is Cc1cc(C(=O)c2ccccc2)cc(C)c1OCCSc1cnn(C(C)(C)C)c(=O)c1Cl. The Kier molecular flexibility index (Phi) is 7.47. The van der Waals surface area contributed by atoms with Crippen LogP contribution in [0.2, 0.25) is 5.02 Å². The molecule has 7 heteroatoms. The Balaban J connectivity index is 1.65. The summed E-state index contributed by atoms with van der Waals surface area (Å²) in [5.74, 6) is 1.36. The molecule has 0 fully saturated rings. The van der Waals surface area contributed by atoms with E-state index in [0.717, 1.165) is 16.9 Å². The van der Waals surface area contributed by atoms with Crippen molar-refractivity contribution in [3.8, 4) is 5.75 Å². The van der Waals surface area contributed by atoms with Gasteiger partial charge in [-0.1, -0.05) is 41.9 Å². The highest BCUT2D eigenvalue weighted by Gasteiger charge is 2.19. The molecule has 3 rings (SSSR count). The summed E-state index contributed by atoms with van der Waals surface area (Å²) in [7, 11) is 0. The molecule has 0 aliphatic heterocycles. The number of carbonyl (C=O) groups is 1. The minimum Gasteiger partial charge on any atom is -0.492 e. The fourth-order valence-electron chi connectivity index (χ4n) is 3.36. The molecule has 0 bridgehead atoms. The van der Waals surface area contributed by atoms with Crippen molar-refractivity contribution < 1.29 is 9.53 Å². The lowest BCUT2D eigenvalue weighted by atomic mass is 9.98. The van der Waals surface area contributed by atoms with Gasteiger partial charge in [0.1, 0.15) is 10.8 Å². The Morgan fingerprint density at radius 2 is 1.72 bits per heavy atom. The Morgan fingerprint density at radius 1 is 1.09 bits per heavy atom. The van der Waals surface area contributed by atoms with Gasteiger partial charge in [-0.3, -0.25) is 9.59 Å². The van der Waals surface area contributed by atoms with Crippen LogP contribution in [0.25, 0.3) is 0 Å². The van der Waals surface area contributed by atoms with E-state index in [0.29, 0.717) is 28.4 Å². The number of halogens is 1. The lowest BCUT2D eigenvalue weighted by Crippen LogP contribution is -2.36. The molecule has 1 aromatic heterocycles. The van der Waals surface area contributed by atoms with E-state index in [2.05, 4.69) is 5.10 Å². The van der Waals surface area contributed by atoms with E-state index in [-0.39, 0.29) is 16.4 Å². The average molecular weight is 471 g/mol. The number of thioether (sulfide) groups is 1. The second-order valence-corrected chi connectivity index (χ2v) is 10.1. The second-order valence-electron chi connectivity index (χ2n) is 8.54. The van der Waals surface area contributed by atoms with Crippen molar-refractivity contribution in [3.63, 3.8) is 0 Å². The van der Waals surface area contributed by atoms with Crippen molar-refractivity contribution in [2.75, 3.05) is 12.4 Å². The van der Waals surface area contributed by atoms with Crippen molar-refractivity contribution in [1.82, 2.24) is 9.78 Å². The predicted octanol–water partition coefficient (Wildman–Crippen LogP) is 5.67. The van der Waals surface area contributed by atoms with Gasteiger partial charge in [-0.05, 0) is 57.9 Å². The number of aryl methyl sites for hydroxylation is 2. The normalized spacial score (nSPS) is 11.4. The largest absolute Gasteiger partial charge is 0.492 e. The van der Waals surface area contributed by atoms with Crippen LogP contribution in [0.15, 0.2) is 58.4 Å². The first kappa shape index (κ1) is 24.1. The van der Waals surface area contributed by atoms with Crippen molar-refractivity contribution in [2.45, 2.75) is 45.1 Å². The Labute approximate surface area is 197 Å². The zero-order chi connectivity index (χ0) is 23.5. The number of ketones is 1. The molecule has 0 saturated heterocycles. The summed E-state index contributed by atoms with van der Waals surface area (Å²) in [6.45, 7) is 10.0. The molecule has 0 saturated carbocycles. The summed E-state index contributed by atoms with van der Waals surface area (Å²) in [4.78, 5) is 25.8. The average Bonchev–Trinajstić information content (AvgIpc) is 2.74. The number of hydrogen-bond donors (Lipinski definition) is 0. The number of aromatic nitrogens is 2. The van der Waals surface area contributed by atoms with Gasteiger partial charge in [-0.2, -0.15) is 5.10 Å². The van der Waals surface area contributed by atoms with Gasteiger partial charge in [0, 0.05) is 16.9 Å². The number of ether oxygens (including phenoxy) is 1. The van der Waals surface area contributed by atoms with Crippen LogP contribution >= 0.6 is 23.4 Å². The minimum atomic E-state index is -0.434. The number of benzene rings is 2. The molecular weight excluding hydrogens is 444 g/mol. The molecule has 32 heavy (non-hydrogen) atoms. The molecule has 0 unspecified atom stereocenters. The second kappa shape index (κ2) is 9.92. The molecule has 0 aliphatic carbocycles. The third-order valence-corrected chi connectivity index (χ3v) is 6.34. The summed E-state index contributed by atoms with van der Waals surface area (Å²) in [6.07, 6.45) is 1.63. The van der Waals surface area contributed by atoms with Crippen molar-refractivity contribution >= 4 is 29.1 Å². The zero-order valence-corrected chi connectivity index (χ0v) is 20.5. The third kappa shape index (κ3) is 5.43. The molecule has 0 aliphatic rings. The number of hydrogen-bond acceptors (Lipinski definition) is 5. The summed E-state index contributed by atoms with van der Waals surface area (Å²) in [6, 6.07) is 12.9. The van der Waals surface area contributed by atoms with E-state index in [9.17, 15) is 9.59 Å². The number of carbonyl (C=O) groups excluding carboxylic acids is 1. The molecular formula is C25H27ClN2O3S. The van der Waals surface area contributed by atoms with Gasteiger partial charge in [0.05, 0.1) is 23.2 Å². The molecule has 3 aromatic rings. The zero-order valence-electron chi connectivity index (χ0n) is 18.9. The maximum absolute atomic E-state index is 12.7. The summed E-state index contributed by atoms with van der Waals surface area (Å²) >= 11 is 7.71. The Bertz CT molecular complexity index is 1160. The maximum Gasteiger partial charge on any atom is 0.287 e. The molecule has 0 spiro atoms. The van der Waals surface area contributed by atoms with E-state index in [4.69, 9.17) is 16.3 Å². The van der Waals surface area contributed by atoms with Crippen LogP contribution in [0, 0.1) is 13.8 Å². The highest BCUT2D eigenvalue weighted by Crippen LogP contribution is 2.28. The van der Waals surface area contributed by atoms with Gasteiger partial charge in [-0.25, -0.2) is 4.68 Å². The van der Waals surface area contributed by atoms with Crippen LogP contribution in [-0.4, -0.2) is 27.9 Å². The van der Waals surface area contributed by atoms with E-state index in [1.807, 2.05) is 77.1 Å². The monoisotopic (exact) mass is 470 g/mol. The number of rotatable bonds is 7. The smallest absolute Gasteiger partial charge is 0.287 e. The fraction of sp³-hybridized carbons (Fsp3) is 0.320. The minimum absolute atomic E-state index is 0.00830. The first-order valence-corrected chi connectivity index (χ1v) is 11.7. The van der Waals surface area contributed by atoms with Crippen LogP contribution in [0.5, 0.6) is 5.75 Å². The van der Waals surface area contributed by atoms with Crippen molar-refractivity contribution in [3.05, 3.63) is 86.3 Å². The van der Waals surface area contributed by atoms with Gasteiger partial charge in [-0.15, -0.1) is 11.8 Å². The van der Waals surface area contributed by atoms with Gasteiger partial charge >= 0.3 is 0 Å². The van der Waals surface area contributed by atoms with Gasteiger partial charge in [0.25, 0.3) is 5.56 Å². The van der Waals surface area contributed by atoms with Crippen LogP contribution in [0.4, 0.5) is 0 Å². The summed E-state index contributed by atoms with van der Waals surface area (Å²) in [5.41, 5.74) is 2.38. The van der Waals surface area contributed by atoms with Gasteiger partial charge in [0.15, 0.2) is 5.78 Å². The first-order chi connectivity index (χ1) is 15.1. The molecule has 2 aromatic carbocycles. The van der Waals surface area contributed by atoms with Crippen LogP contribution in [-0.2, 0) is 5.54 Å². The molecule has 0 amide bonds. The first-order valence-electron chi connectivity index (χ1n) is 10.3. The lowest BCUT2D eigenvalue weighted by Gasteiger charge is -2.21. The van der Waals surface area contributed by atoms with Gasteiger partial charge < -0.3 is 4.74 Å². The Morgan fingerprint density at radius 3 is 2.31 bits per heavy atom. The molecule has 1 heterocycles. The van der Waals surface area contributed by atoms with Crippen LogP contribution in [0.3, 0.4) is 0 Å². The van der Waals surface area contributed by atoms with E-state index in [1.165, 1.54) is 16.4 Å². The third-order valence-electron chi connectivity index (χ3n) is 4.87. The highest BCUT2D eigenvalue weighted by atomic mass is 35.5.